The lowest BCUT2D eigenvalue weighted by Crippen LogP contribution is -2.27. The van der Waals surface area contributed by atoms with Gasteiger partial charge in [0.2, 0.25) is 0 Å². The maximum Gasteiger partial charge on any atom is 0.252 e. The number of anilines is 1. The Kier molecular flexibility index (Phi) is 5.95. The van der Waals surface area contributed by atoms with Crippen molar-refractivity contribution in [3.05, 3.63) is 59.9 Å². The van der Waals surface area contributed by atoms with Crippen LogP contribution in [-0.4, -0.2) is 30.5 Å². The van der Waals surface area contributed by atoms with Gasteiger partial charge in [-0.2, -0.15) is 0 Å². The van der Waals surface area contributed by atoms with E-state index in [2.05, 4.69) is 41.2 Å². The molecule has 4 heteroatoms. The lowest BCUT2D eigenvalue weighted by molar-refractivity contribution is 0.0954. The summed E-state index contributed by atoms with van der Waals surface area (Å²) in [6.45, 7) is 6.61. The Morgan fingerprint density at radius 2 is 1.86 bits per heavy atom. The van der Waals surface area contributed by atoms with Gasteiger partial charge >= 0.3 is 0 Å². The van der Waals surface area contributed by atoms with E-state index in [0.29, 0.717) is 12.1 Å². The molecule has 0 bridgehead atoms. The van der Waals surface area contributed by atoms with E-state index in [0.717, 1.165) is 25.2 Å². The van der Waals surface area contributed by atoms with Gasteiger partial charge in [0.15, 0.2) is 0 Å². The van der Waals surface area contributed by atoms with Crippen LogP contribution in [0, 0.1) is 0 Å². The summed E-state index contributed by atoms with van der Waals surface area (Å²) in [5.41, 5.74) is 2.82. The van der Waals surface area contributed by atoms with Crippen molar-refractivity contribution < 1.29 is 4.79 Å². The summed E-state index contributed by atoms with van der Waals surface area (Å²) in [6, 6.07) is 12.0. The monoisotopic (exact) mass is 297 g/mol. The molecule has 0 radical (unpaired) electrons. The van der Waals surface area contributed by atoms with Gasteiger partial charge in [0.05, 0.1) is 17.4 Å². The van der Waals surface area contributed by atoms with Crippen LogP contribution in [0.4, 0.5) is 5.69 Å². The van der Waals surface area contributed by atoms with Gasteiger partial charge < -0.3 is 10.2 Å². The van der Waals surface area contributed by atoms with E-state index < -0.39 is 0 Å². The largest absolute Gasteiger partial charge is 0.371 e. The number of carbonyl (C=O) groups excluding carboxylic acids is 1. The van der Waals surface area contributed by atoms with Crippen LogP contribution in [0.25, 0.3) is 0 Å². The average Bonchev–Trinajstić information content (AvgIpc) is 2.57. The first-order chi connectivity index (χ1) is 10.7. The molecule has 2 rings (SSSR count). The van der Waals surface area contributed by atoms with Crippen molar-refractivity contribution >= 4 is 11.6 Å². The van der Waals surface area contributed by atoms with E-state index in [1.54, 1.807) is 12.4 Å². The van der Waals surface area contributed by atoms with E-state index in [-0.39, 0.29) is 5.91 Å². The Bertz CT molecular complexity index is 594. The van der Waals surface area contributed by atoms with Gasteiger partial charge in [-0.1, -0.05) is 30.3 Å². The van der Waals surface area contributed by atoms with Crippen molar-refractivity contribution in [2.45, 2.75) is 20.3 Å². The Labute approximate surface area is 132 Å². The van der Waals surface area contributed by atoms with Gasteiger partial charge in [-0.05, 0) is 31.9 Å². The quantitative estimate of drug-likeness (QED) is 0.854. The van der Waals surface area contributed by atoms with Crippen LogP contribution in [0.1, 0.15) is 29.8 Å². The maximum atomic E-state index is 12.2. The molecule has 1 heterocycles. The fraction of sp³-hybridized carbons (Fsp3) is 0.333. The summed E-state index contributed by atoms with van der Waals surface area (Å²) >= 11 is 0. The normalized spacial score (nSPS) is 10.3. The van der Waals surface area contributed by atoms with E-state index in [1.807, 2.05) is 24.3 Å². The number of aromatic nitrogens is 1. The molecule has 116 valence electrons. The van der Waals surface area contributed by atoms with Crippen molar-refractivity contribution in [2.75, 3.05) is 24.5 Å². The van der Waals surface area contributed by atoms with E-state index in [1.165, 1.54) is 5.56 Å². The number of rotatable bonds is 7. The number of amides is 1. The van der Waals surface area contributed by atoms with Gasteiger partial charge in [-0.15, -0.1) is 0 Å². The van der Waals surface area contributed by atoms with Crippen LogP contribution in [0.3, 0.4) is 0 Å². The fourth-order valence-electron chi connectivity index (χ4n) is 2.38. The highest BCUT2D eigenvalue weighted by Crippen LogP contribution is 2.14. The predicted molar refractivity (Wildman–Crippen MR) is 90.3 cm³/mol. The van der Waals surface area contributed by atoms with Crippen LogP contribution in [0.15, 0.2) is 48.8 Å². The van der Waals surface area contributed by atoms with Crippen LogP contribution in [0.5, 0.6) is 0 Å². The molecule has 0 fully saturated rings. The summed E-state index contributed by atoms with van der Waals surface area (Å²) in [6.07, 6.45) is 4.24. The molecule has 4 nitrogen and oxygen atoms in total. The summed E-state index contributed by atoms with van der Waals surface area (Å²) in [5.74, 6) is -0.0718. The zero-order valence-corrected chi connectivity index (χ0v) is 13.2. The summed E-state index contributed by atoms with van der Waals surface area (Å²) < 4.78 is 0. The first kappa shape index (κ1) is 16.0. The van der Waals surface area contributed by atoms with Crippen molar-refractivity contribution in [3.63, 3.8) is 0 Å². The number of benzene rings is 1. The summed E-state index contributed by atoms with van der Waals surface area (Å²) in [5, 5.41) is 2.95. The molecular weight excluding hydrogens is 274 g/mol. The highest BCUT2D eigenvalue weighted by molar-refractivity contribution is 5.94. The molecule has 0 spiro atoms. The standard InChI is InChI=1S/C18H23N3O/c1-3-21(4-2)17-12-16(13-19-14-17)18(22)20-11-10-15-8-6-5-7-9-15/h5-9,12-14H,3-4,10-11H2,1-2H3,(H,20,22). The SMILES string of the molecule is CCN(CC)c1cncc(C(=O)NCCc2ccccc2)c1. The number of nitrogens with zero attached hydrogens (tertiary/aromatic N) is 2. The van der Waals surface area contributed by atoms with Gasteiger partial charge in [-0.25, -0.2) is 0 Å². The second-order valence-electron chi connectivity index (χ2n) is 5.10. The average molecular weight is 297 g/mol. The zero-order valence-electron chi connectivity index (χ0n) is 13.2. The minimum absolute atomic E-state index is 0.0718. The number of hydrogen-bond acceptors (Lipinski definition) is 3. The van der Waals surface area contributed by atoms with Crippen molar-refractivity contribution in [2.24, 2.45) is 0 Å². The third-order valence-corrected chi connectivity index (χ3v) is 3.66. The molecule has 0 aliphatic rings. The van der Waals surface area contributed by atoms with E-state index in [4.69, 9.17) is 0 Å². The highest BCUT2D eigenvalue weighted by Gasteiger charge is 2.09. The third kappa shape index (κ3) is 4.32. The molecule has 0 atom stereocenters. The lowest BCUT2D eigenvalue weighted by atomic mass is 10.1. The molecule has 0 saturated heterocycles. The van der Waals surface area contributed by atoms with Crippen molar-refractivity contribution in [1.82, 2.24) is 10.3 Å². The molecule has 1 N–H and O–H groups in total. The van der Waals surface area contributed by atoms with Crippen LogP contribution >= 0.6 is 0 Å². The molecule has 0 saturated carbocycles. The Balaban J connectivity index is 1.93. The molecule has 0 unspecified atom stereocenters. The molecule has 2 aromatic rings. The van der Waals surface area contributed by atoms with Gasteiger partial charge in [0.25, 0.3) is 5.91 Å². The molecule has 0 aliphatic heterocycles. The molecule has 0 aliphatic carbocycles. The Hall–Kier alpha value is -2.36. The first-order valence-corrected chi connectivity index (χ1v) is 7.76. The summed E-state index contributed by atoms with van der Waals surface area (Å²) in [7, 11) is 0. The van der Waals surface area contributed by atoms with Crippen LogP contribution in [0.2, 0.25) is 0 Å². The molecule has 22 heavy (non-hydrogen) atoms. The van der Waals surface area contributed by atoms with Crippen LogP contribution < -0.4 is 10.2 Å². The van der Waals surface area contributed by atoms with Crippen molar-refractivity contribution in [3.8, 4) is 0 Å². The minimum atomic E-state index is -0.0718. The van der Waals surface area contributed by atoms with Crippen LogP contribution in [-0.2, 0) is 6.42 Å². The molecule has 1 aromatic carbocycles. The number of pyridine rings is 1. The minimum Gasteiger partial charge on any atom is -0.371 e. The third-order valence-electron chi connectivity index (χ3n) is 3.66. The Morgan fingerprint density at radius 1 is 1.14 bits per heavy atom. The number of nitrogens with one attached hydrogen (secondary N) is 1. The topological polar surface area (TPSA) is 45.2 Å². The van der Waals surface area contributed by atoms with E-state index >= 15 is 0 Å². The smallest absolute Gasteiger partial charge is 0.252 e. The summed E-state index contributed by atoms with van der Waals surface area (Å²) in [4.78, 5) is 18.6. The lowest BCUT2D eigenvalue weighted by Gasteiger charge is -2.20. The molecule has 1 aromatic heterocycles. The van der Waals surface area contributed by atoms with Gasteiger partial charge in [-0.3, -0.25) is 9.78 Å². The molecular formula is C18H23N3O. The predicted octanol–water partition coefficient (Wildman–Crippen LogP) is 2.90. The first-order valence-electron chi connectivity index (χ1n) is 7.76. The molecule has 1 amide bonds. The van der Waals surface area contributed by atoms with Gasteiger partial charge in [0.1, 0.15) is 0 Å². The zero-order chi connectivity index (χ0) is 15.8. The van der Waals surface area contributed by atoms with Gasteiger partial charge in [0, 0.05) is 25.8 Å². The highest BCUT2D eigenvalue weighted by atomic mass is 16.1. The second kappa shape index (κ2) is 8.17. The number of carbonyl (C=O) groups is 1. The second-order valence-corrected chi connectivity index (χ2v) is 5.10. The fourth-order valence-corrected chi connectivity index (χ4v) is 2.38. The Morgan fingerprint density at radius 3 is 2.55 bits per heavy atom. The van der Waals surface area contributed by atoms with Crippen molar-refractivity contribution in [1.29, 1.82) is 0 Å². The number of hydrogen-bond donors (Lipinski definition) is 1. The maximum absolute atomic E-state index is 12.2. The van der Waals surface area contributed by atoms with E-state index in [9.17, 15) is 4.79 Å².